The average molecular weight is 336 g/mol. The van der Waals surface area contributed by atoms with Crippen LogP contribution in [0.3, 0.4) is 0 Å². The SMILES string of the molecule is CC1CC1C(=O)NCCN1C(=O)S/C(=C\c2cccs2)C1=O. The number of nitrogens with zero attached hydrogens (tertiary/aromatic N) is 1. The normalized spacial score (nSPS) is 25.9. The molecule has 3 rings (SSSR count). The molecule has 0 radical (unpaired) electrons. The summed E-state index contributed by atoms with van der Waals surface area (Å²) in [6.07, 6.45) is 2.66. The molecular formula is C15H16N2O3S2. The van der Waals surface area contributed by atoms with E-state index in [4.69, 9.17) is 0 Å². The first-order valence-corrected chi connectivity index (χ1v) is 8.82. The van der Waals surface area contributed by atoms with Gasteiger partial charge in [0.15, 0.2) is 0 Å². The minimum atomic E-state index is -0.280. The zero-order valence-electron chi connectivity index (χ0n) is 12.1. The van der Waals surface area contributed by atoms with Crippen LogP contribution in [0.5, 0.6) is 0 Å². The Kier molecular flexibility index (Phi) is 4.35. The van der Waals surface area contributed by atoms with Gasteiger partial charge in [-0.2, -0.15) is 0 Å². The van der Waals surface area contributed by atoms with Gasteiger partial charge in [0.2, 0.25) is 5.91 Å². The Morgan fingerprint density at radius 3 is 2.91 bits per heavy atom. The fourth-order valence-corrected chi connectivity index (χ4v) is 3.89. The van der Waals surface area contributed by atoms with Gasteiger partial charge in [0, 0.05) is 23.9 Å². The third-order valence-corrected chi connectivity index (χ3v) is 5.50. The molecule has 1 saturated carbocycles. The molecule has 1 aromatic rings. The number of hydrogen-bond acceptors (Lipinski definition) is 5. The van der Waals surface area contributed by atoms with Crippen molar-refractivity contribution in [1.29, 1.82) is 0 Å². The number of nitrogens with one attached hydrogen (secondary N) is 1. The molecule has 0 aromatic carbocycles. The summed E-state index contributed by atoms with van der Waals surface area (Å²) in [5.74, 6) is 0.297. The molecular weight excluding hydrogens is 320 g/mol. The van der Waals surface area contributed by atoms with E-state index in [0.717, 1.165) is 23.1 Å². The number of imide groups is 1. The van der Waals surface area contributed by atoms with Gasteiger partial charge in [-0.25, -0.2) is 0 Å². The predicted octanol–water partition coefficient (Wildman–Crippen LogP) is 2.56. The van der Waals surface area contributed by atoms with E-state index in [1.165, 1.54) is 16.2 Å². The Labute approximate surface area is 136 Å². The molecule has 1 N–H and O–H groups in total. The van der Waals surface area contributed by atoms with E-state index < -0.39 is 0 Å². The molecule has 1 aromatic heterocycles. The van der Waals surface area contributed by atoms with Crippen molar-refractivity contribution in [3.8, 4) is 0 Å². The van der Waals surface area contributed by atoms with Crippen LogP contribution < -0.4 is 5.32 Å². The molecule has 3 amide bonds. The Morgan fingerprint density at radius 2 is 2.27 bits per heavy atom. The molecule has 116 valence electrons. The van der Waals surface area contributed by atoms with Crippen LogP contribution in [0.2, 0.25) is 0 Å². The molecule has 1 saturated heterocycles. The van der Waals surface area contributed by atoms with Crippen LogP contribution in [0.15, 0.2) is 22.4 Å². The van der Waals surface area contributed by atoms with Crippen molar-refractivity contribution in [3.05, 3.63) is 27.3 Å². The maximum Gasteiger partial charge on any atom is 0.293 e. The smallest absolute Gasteiger partial charge is 0.293 e. The Bertz CT molecular complexity index is 639. The molecule has 1 aliphatic carbocycles. The number of rotatable bonds is 5. The van der Waals surface area contributed by atoms with Crippen LogP contribution in [0.4, 0.5) is 4.79 Å². The lowest BCUT2D eigenvalue weighted by Crippen LogP contribution is -2.37. The highest BCUT2D eigenvalue weighted by Crippen LogP contribution is 2.37. The molecule has 2 heterocycles. The first kappa shape index (κ1) is 15.3. The second kappa shape index (κ2) is 6.26. The van der Waals surface area contributed by atoms with Crippen LogP contribution in [0, 0.1) is 11.8 Å². The average Bonchev–Trinajstić information content (AvgIpc) is 2.90. The summed E-state index contributed by atoms with van der Waals surface area (Å²) in [7, 11) is 0. The van der Waals surface area contributed by atoms with E-state index in [2.05, 4.69) is 5.32 Å². The van der Waals surface area contributed by atoms with Crippen LogP contribution in [-0.4, -0.2) is 35.0 Å². The van der Waals surface area contributed by atoms with Crippen molar-refractivity contribution in [1.82, 2.24) is 10.2 Å². The summed E-state index contributed by atoms with van der Waals surface area (Å²) in [6, 6.07) is 3.80. The van der Waals surface area contributed by atoms with E-state index in [-0.39, 0.29) is 29.5 Å². The van der Waals surface area contributed by atoms with E-state index in [1.807, 2.05) is 24.4 Å². The third-order valence-electron chi connectivity index (χ3n) is 3.77. The highest BCUT2D eigenvalue weighted by Gasteiger charge is 2.39. The van der Waals surface area contributed by atoms with Gasteiger partial charge in [-0.3, -0.25) is 19.3 Å². The second-order valence-corrected chi connectivity index (χ2v) is 7.43. The molecule has 7 heteroatoms. The Hall–Kier alpha value is -1.60. The topological polar surface area (TPSA) is 66.5 Å². The fourth-order valence-electron chi connectivity index (χ4n) is 2.30. The number of carbonyl (C=O) groups is 3. The van der Waals surface area contributed by atoms with E-state index in [9.17, 15) is 14.4 Å². The maximum absolute atomic E-state index is 12.2. The number of thiophene rings is 1. The maximum atomic E-state index is 12.2. The monoisotopic (exact) mass is 336 g/mol. The molecule has 0 spiro atoms. The highest BCUT2D eigenvalue weighted by molar-refractivity contribution is 8.18. The minimum Gasteiger partial charge on any atom is -0.354 e. The number of hydrogen-bond donors (Lipinski definition) is 1. The molecule has 2 atom stereocenters. The predicted molar refractivity (Wildman–Crippen MR) is 87.3 cm³/mol. The fraction of sp³-hybridized carbons (Fsp3) is 0.400. The van der Waals surface area contributed by atoms with Crippen LogP contribution in [-0.2, 0) is 9.59 Å². The number of carbonyl (C=O) groups excluding carboxylic acids is 3. The Morgan fingerprint density at radius 1 is 1.50 bits per heavy atom. The molecule has 5 nitrogen and oxygen atoms in total. The van der Waals surface area contributed by atoms with Gasteiger partial charge in [-0.15, -0.1) is 11.3 Å². The first-order chi connectivity index (χ1) is 10.6. The summed E-state index contributed by atoms with van der Waals surface area (Å²) in [5.41, 5.74) is 0. The summed E-state index contributed by atoms with van der Waals surface area (Å²) >= 11 is 2.47. The van der Waals surface area contributed by atoms with Gasteiger partial charge in [-0.05, 0) is 41.6 Å². The minimum absolute atomic E-state index is 0.0219. The van der Waals surface area contributed by atoms with Gasteiger partial charge in [0.1, 0.15) is 0 Å². The largest absolute Gasteiger partial charge is 0.354 e. The zero-order chi connectivity index (χ0) is 15.7. The van der Waals surface area contributed by atoms with Gasteiger partial charge < -0.3 is 5.32 Å². The lowest BCUT2D eigenvalue weighted by Gasteiger charge is -2.12. The lowest BCUT2D eigenvalue weighted by molar-refractivity contribution is -0.125. The zero-order valence-corrected chi connectivity index (χ0v) is 13.7. The standard InChI is InChI=1S/C15H16N2O3S2/c1-9-7-11(9)13(18)16-4-5-17-14(19)12(22-15(17)20)8-10-3-2-6-21-10/h2-3,6,8-9,11H,4-5,7H2,1H3,(H,16,18)/b12-8-. The summed E-state index contributed by atoms with van der Waals surface area (Å²) in [4.78, 5) is 38.4. The van der Waals surface area contributed by atoms with Crippen molar-refractivity contribution >= 4 is 46.2 Å². The van der Waals surface area contributed by atoms with Crippen molar-refractivity contribution in [3.63, 3.8) is 0 Å². The summed E-state index contributed by atoms with van der Waals surface area (Å²) < 4.78 is 0. The van der Waals surface area contributed by atoms with Crippen molar-refractivity contribution < 1.29 is 14.4 Å². The first-order valence-electron chi connectivity index (χ1n) is 7.13. The van der Waals surface area contributed by atoms with Crippen molar-refractivity contribution in [2.75, 3.05) is 13.1 Å². The van der Waals surface area contributed by atoms with Crippen LogP contribution in [0.1, 0.15) is 18.2 Å². The quantitative estimate of drug-likeness (QED) is 0.839. The molecule has 2 fully saturated rings. The summed E-state index contributed by atoms with van der Waals surface area (Å²) in [5, 5.41) is 4.44. The molecule has 0 bridgehead atoms. The van der Waals surface area contributed by atoms with Gasteiger partial charge in [0.05, 0.1) is 4.91 Å². The van der Waals surface area contributed by atoms with Crippen LogP contribution >= 0.6 is 23.1 Å². The van der Waals surface area contributed by atoms with E-state index in [0.29, 0.717) is 17.4 Å². The molecule has 2 unspecified atom stereocenters. The molecule has 1 aliphatic heterocycles. The number of thioether (sulfide) groups is 1. The van der Waals surface area contributed by atoms with Gasteiger partial charge in [0.25, 0.3) is 11.1 Å². The third kappa shape index (κ3) is 3.25. The Balaban J connectivity index is 1.54. The van der Waals surface area contributed by atoms with Gasteiger partial charge in [-0.1, -0.05) is 13.0 Å². The van der Waals surface area contributed by atoms with Crippen molar-refractivity contribution in [2.45, 2.75) is 13.3 Å². The number of amides is 3. The van der Waals surface area contributed by atoms with Gasteiger partial charge >= 0.3 is 0 Å². The van der Waals surface area contributed by atoms with E-state index >= 15 is 0 Å². The molecule has 2 aliphatic rings. The molecule has 22 heavy (non-hydrogen) atoms. The van der Waals surface area contributed by atoms with Crippen molar-refractivity contribution in [2.24, 2.45) is 11.8 Å². The van der Waals surface area contributed by atoms with Crippen LogP contribution in [0.25, 0.3) is 6.08 Å². The lowest BCUT2D eigenvalue weighted by atomic mass is 10.3. The van der Waals surface area contributed by atoms with E-state index in [1.54, 1.807) is 6.08 Å². The highest BCUT2D eigenvalue weighted by atomic mass is 32.2. The summed E-state index contributed by atoms with van der Waals surface area (Å²) in [6.45, 7) is 2.57. The second-order valence-electron chi connectivity index (χ2n) is 5.46.